The Balaban J connectivity index is 1.53. The van der Waals surface area contributed by atoms with Crippen LogP contribution in [0.4, 0.5) is 5.82 Å². The molecular formula is C20H23N5. The van der Waals surface area contributed by atoms with E-state index in [1.54, 1.807) is 0 Å². The predicted molar refractivity (Wildman–Crippen MR) is 103 cm³/mol. The van der Waals surface area contributed by atoms with Gasteiger partial charge < -0.3 is 15.1 Å². The lowest BCUT2D eigenvalue weighted by Gasteiger charge is -2.28. The Kier molecular flexibility index (Phi) is 4.24. The molecule has 0 saturated heterocycles. The number of aromatic nitrogens is 1. The summed E-state index contributed by atoms with van der Waals surface area (Å²) >= 11 is 0. The van der Waals surface area contributed by atoms with E-state index in [1.807, 2.05) is 31.3 Å². The Morgan fingerprint density at radius 1 is 1.16 bits per heavy atom. The third-order valence-electron chi connectivity index (χ3n) is 4.65. The van der Waals surface area contributed by atoms with Gasteiger partial charge in [0, 0.05) is 45.1 Å². The molecule has 3 aliphatic heterocycles. The van der Waals surface area contributed by atoms with E-state index >= 15 is 0 Å². The van der Waals surface area contributed by atoms with Gasteiger partial charge in [0.05, 0.1) is 5.70 Å². The minimum absolute atomic E-state index is 0.836. The van der Waals surface area contributed by atoms with E-state index < -0.39 is 0 Å². The monoisotopic (exact) mass is 333 g/mol. The molecule has 4 heterocycles. The Morgan fingerprint density at radius 3 is 2.80 bits per heavy atom. The highest BCUT2D eigenvalue weighted by Crippen LogP contribution is 2.26. The lowest BCUT2D eigenvalue weighted by Crippen LogP contribution is -2.30. The van der Waals surface area contributed by atoms with Crippen molar-refractivity contribution in [1.29, 1.82) is 0 Å². The molecule has 0 saturated carbocycles. The summed E-state index contributed by atoms with van der Waals surface area (Å²) in [6.07, 6.45) is 14.0. The standard InChI is InChI=1S/C20H23N5/c1-24(2)19-5-3-16(13-22-19)18-9-12-25-14-17(4-6-20(25)23-18)15-7-10-21-11-8-15/h3-7,9,13-14,21H,8,10-12H2,1-2H3. The fourth-order valence-electron chi connectivity index (χ4n) is 3.20. The number of amidine groups is 1. The quantitative estimate of drug-likeness (QED) is 0.923. The van der Waals surface area contributed by atoms with Crippen molar-refractivity contribution in [3.8, 4) is 0 Å². The van der Waals surface area contributed by atoms with Crippen LogP contribution in [0.3, 0.4) is 0 Å². The number of pyridine rings is 1. The SMILES string of the molecule is CN(C)c1ccc(C2=CCN3C=C(C4=CCNCC4)C=CC3=N2)cn1. The summed E-state index contributed by atoms with van der Waals surface area (Å²) in [6, 6.07) is 4.11. The second kappa shape index (κ2) is 6.69. The third kappa shape index (κ3) is 3.28. The molecule has 1 aromatic heterocycles. The summed E-state index contributed by atoms with van der Waals surface area (Å²) < 4.78 is 0. The summed E-state index contributed by atoms with van der Waals surface area (Å²) in [5, 5.41) is 3.36. The van der Waals surface area contributed by atoms with E-state index in [0.29, 0.717) is 0 Å². The van der Waals surface area contributed by atoms with Gasteiger partial charge in [0.25, 0.3) is 0 Å². The Hall–Kier alpha value is -2.66. The number of allylic oxidation sites excluding steroid dienone is 2. The molecule has 5 nitrogen and oxygen atoms in total. The highest BCUT2D eigenvalue weighted by Gasteiger charge is 2.19. The first-order valence-electron chi connectivity index (χ1n) is 8.70. The lowest BCUT2D eigenvalue weighted by molar-refractivity contribution is 0.609. The normalized spacial score (nSPS) is 19.5. The first-order valence-corrected chi connectivity index (χ1v) is 8.70. The maximum atomic E-state index is 4.82. The summed E-state index contributed by atoms with van der Waals surface area (Å²) in [7, 11) is 3.99. The first kappa shape index (κ1) is 15.8. The molecule has 0 radical (unpaired) electrons. The molecule has 4 rings (SSSR count). The van der Waals surface area contributed by atoms with E-state index in [2.05, 4.69) is 51.8 Å². The summed E-state index contributed by atoms with van der Waals surface area (Å²) in [5.74, 6) is 1.95. The summed E-state index contributed by atoms with van der Waals surface area (Å²) in [5.41, 5.74) is 4.77. The molecule has 0 amide bonds. The molecule has 0 aromatic carbocycles. The minimum Gasteiger partial charge on any atom is -0.363 e. The Labute approximate surface area is 148 Å². The van der Waals surface area contributed by atoms with Crippen LogP contribution in [0.5, 0.6) is 0 Å². The molecule has 5 heteroatoms. The second-order valence-electron chi connectivity index (χ2n) is 6.61. The van der Waals surface area contributed by atoms with Crippen molar-refractivity contribution in [1.82, 2.24) is 15.2 Å². The van der Waals surface area contributed by atoms with Gasteiger partial charge in [-0.3, -0.25) is 0 Å². The molecule has 1 aromatic rings. The molecule has 128 valence electrons. The van der Waals surface area contributed by atoms with Crippen molar-refractivity contribution in [3.05, 3.63) is 65.5 Å². The van der Waals surface area contributed by atoms with Gasteiger partial charge in [-0.25, -0.2) is 9.98 Å². The van der Waals surface area contributed by atoms with E-state index in [0.717, 1.165) is 49.0 Å². The van der Waals surface area contributed by atoms with Crippen molar-refractivity contribution in [2.24, 2.45) is 4.99 Å². The van der Waals surface area contributed by atoms with Gasteiger partial charge in [-0.05, 0) is 54.5 Å². The maximum absolute atomic E-state index is 4.82. The molecule has 25 heavy (non-hydrogen) atoms. The molecule has 0 unspecified atom stereocenters. The van der Waals surface area contributed by atoms with Crippen molar-refractivity contribution < 1.29 is 0 Å². The third-order valence-corrected chi connectivity index (χ3v) is 4.65. The maximum Gasteiger partial charge on any atom is 0.133 e. The Morgan fingerprint density at radius 2 is 2.08 bits per heavy atom. The van der Waals surface area contributed by atoms with Crippen LogP contribution in [0.1, 0.15) is 12.0 Å². The van der Waals surface area contributed by atoms with Gasteiger partial charge in [0.1, 0.15) is 11.7 Å². The van der Waals surface area contributed by atoms with Crippen LogP contribution < -0.4 is 10.2 Å². The van der Waals surface area contributed by atoms with Crippen LogP contribution in [0.2, 0.25) is 0 Å². The molecule has 3 aliphatic rings. The molecular weight excluding hydrogens is 310 g/mol. The van der Waals surface area contributed by atoms with Crippen LogP contribution in [0, 0.1) is 0 Å². The topological polar surface area (TPSA) is 43.8 Å². The van der Waals surface area contributed by atoms with Crippen LogP contribution in [-0.4, -0.2) is 49.4 Å². The summed E-state index contributed by atoms with van der Waals surface area (Å²) in [6.45, 7) is 2.85. The van der Waals surface area contributed by atoms with E-state index in [4.69, 9.17) is 4.99 Å². The highest BCUT2D eigenvalue weighted by atomic mass is 15.2. The number of anilines is 1. The van der Waals surface area contributed by atoms with E-state index in [9.17, 15) is 0 Å². The van der Waals surface area contributed by atoms with Crippen LogP contribution in [0.25, 0.3) is 5.70 Å². The van der Waals surface area contributed by atoms with Gasteiger partial charge in [-0.2, -0.15) is 0 Å². The average Bonchev–Trinajstić information content (AvgIpc) is 2.68. The smallest absolute Gasteiger partial charge is 0.133 e. The van der Waals surface area contributed by atoms with Crippen LogP contribution in [0.15, 0.2) is 65.0 Å². The number of nitrogens with zero attached hydrogens (tertiary/aromatic N) is 4. The second-order valence-corrected chi connectivity index (χ2v) is 6.61. The number of hydrogen-bond donors (Lipinski definition) is 1. The molecule has 0 aliphatic carbocycles. The van der Waals surface area contributed by atoms with Gasteiger partial charge >= 0.3 is 0 Å². The lowest BCUT2D eigenvalue weighted by atomic mass is 9.98. The van der Waals surface area contributed by atoms with Crippen molar-refractivity contribution >= 4 is 17.4 Å². The number of fused-ring (bicyclic) bond motifs is 1. The first-order chi connectivity index (χ1) is 12.2. The highest BCUT2D eigenvalue weighted by molar-refractivity contribution is 6.00. The van der Waals surface area contributed by atoms with E-state index in [1.165, 1.54) is 11.1 Å². The van der Waals surface area contributed by atoms with Gasteiger partial charge in [-0.15, -0.1) is 0 Å². The van der Waals surface area contributed by atoms with Gasteiger partial charge in [-0.1, -0.05) is 6.08 Å². The molecule has 0 atom stereocenters. The van der Waals surface area contributed by atoms with Crippen LogP contribution >= 0.6 is 0 Å². The van der Waals surface area contributed by atoms with Crippen molar-refractivity contribution in [2.45, 2.75) is 6.42 Å². The van der Waals surface area contributed by atoms with Crippen LogP contribution in [-0.2, 0) is 0 Å². The minimum atomic E-state index is 0.836. The number of hydrogen-bond acceptors (Lipinski definition) is 5. The van der Waals surface area contributed by atoms with Gasteiger partial charge in [0.2, 0.25) is 0 Å². The Bertz CT molecular complexity index is 809. The van der Waals surface area contributed by atoms with Gasteiger partial charge in [0.15, 0.2) is 0 Å². The zero-order chi connectivity index (χ0) is 17.2. The molecule has 0 bridgehead atoms. The summed E-state index contributed by atoms with van der Waals surface area (Å²) in [4.78, 5) is 13.5. The molecule has 0 fully saturated rings. The largest absolute Gasteiger partial charge is 0.363 e. The molecule has 1 N–H and O–H groups in total. The van der Waals surface area contributed by atoms with Crippen molar-refractivity contribution in [3.63, 3.8) is 0 Å². The fraction of sp³-hybridized carbons (Fsp3) is 0.300. The zero-order valence-electron chi connectivity index (χ0n) is 14.7. The fourth-order valence-corrected chi connectivity index (χ4v) is 3.20. The average molecular weight is 333 g/mol. The molecule has 0 spiro atoms. The number of nitrogens with one attached hydrogen (secondary N) is 1. The predicted octanol–water partition coefficient (Wildman–Crippen LogP) is 2.58. The van der Waals surface area contributed by atoms with E-state index in [-0.39, 0.29) is 0 Å². The van der Waals surface area contributed by atoms with Crippen molar-refractivity contribution in [2.75, 3.05) is 38.6 Å². The number of rotatable bonds is 3. The zero-order valence-corrected chi connectivity index (χ0v) is 14.7. The number of aliphatic imine (C=N–C) groups is 1.